The zero-order valence-electron chi connectivity index (χ0n) is 45.0. The van der Waals surface area contributed by atoms with Crippen molar-refractivity contribution < 1.29 is 109 Å². The Morgan fingerprint density at radius 1 is 0.786 bits per heavy atom. The number of aliphatic hydroxyl groups is 2. The highest BCUT2D eigenvalue weighted by Gasteiger charge is 2.46. The average Bonchev–Trinajstić information content (AvgIpc) is 3.14. The van der Waals surface area contributed by atoms with Gasteiger partial charge in [0.15, 0.2) is 29.4 Å². The van der Waals surface area contributed by atoms with Gasteiger partial charge in [-0.2, -0.15) is 15.1 Å². The van der Waals surface area contributed by atoms with Crippen molar-refractivity contribution >= 4 is 55.5 Å². The molecular formula is C49H65ClF3N9O20P2. The van der Waals surface area contributed by atoms with Gasteiger partial charge in [0.05, 0.1) is 155 Å². The quantitative estimate of drug-likeness (QED) is 0.00975. The molecule has 35 heteroatoms. The van der Waals surface area contributed by atoms with Crippen LogP contribution in [0.5, 0.6) is 5.75 Å². The van der Waals surface area contributed by atoms with Gasteiger partial charge in [0.25, 0.3) is 0 Å². The monoisotopic (exact) mass is 1250 g/mol. The van der Waals surface area contributed by atoms with E-state index in [1.807, 2.05) is 24.3 Å². The molecule has 4 heterocycles. The van der Waals surface area contributed by atoms with Crippen LogP contribution >= 0.6 is 26.8 Å². The van der Waals surface area contributed by atoms with E-state index in [4.69, 9.17) is 68.5 Å². The first-order valence-corrected chi connectivity index (χ1v) is 30.2. The van der Waals surface area contributed by atoms with Gasteiger partial charge in [-0.1, -0.05) is 29.5 Å². The molecule has 7 N–H and O–H groups in total. The number of nitrogens with one attached hydrogen (secondary N) is 2. The van der Waals surface area contributed by atoms with Crippen LogP contribution in [0.2, 0.25) is 5.28 Å². The minimum atomic E-state index is -4.92. The summed E-state index contributed by atoms with van der Waals surface area (Å²) in [5.74, 6) is -7.77. The molecular weight excluding hydrogens is 1190 g/mol. The SMILES string of the molecule is O=C(CCOCCOCCOCCOCCn1cc(COCCOCCOCCOCCNC(=O)[C@H]2Cc3ccccc3[C@H]2Nc2nc(Cl)nc3c2cnn3[C@@H]2O[C@H](COP(=O)(O)CP(=O)(O)O)[C@@H](O)[C@H]2O)nn1)Oc1c(F)cc(F)cc1F. The van der Waals surface area contributed by atoms with Gasteiger partial charge in [-0.15, -0.1) is 5.10 Å². The molecule has 1 aliphatic carbocycles. The van der Waals surface area contributed by atoms with E-state index in [1.165, 1.54) is 6.20 Å². The van der Waals surface area contributed by atoms with Gasteiger partial charge in [0.1, 0.15) is 35.6 Å². The number of nitrogens with zero attached hydrogens (tertiary/aromatic N) is 7. The Hall–Kier alpha value is -5.19. The van der Waals surface area contributed by atoms with Crippen molar-refractivity contribution in [3.05, 3.63) is 88.3 Å². The molecule has 1 unspecified atom stereocenters. The maximum atomic E-state index is 13.7. The number of esters is 1. The van der Waals surface area contributed by atoms with Crippen molar-refractivity contribution in [2.45, 2.75) is 56.6 Å². The van der Waals surface area contributed by atoms with E-state index in [1.54, 1.807) is 10.9 Å². The maximum absolute atomic E-state index is 13.7. The Morgan fingerprint density at radius 3 is 2.05 bits per heavy atom. The van der Waals surface area contributed by atoms with Crippen molar-refractivity contribution in [1.29, 1.82) is 0 Å². The molecule has 1 amide bonds. The molecule has 0 spiro atoms. The van der Waals surface area contributed by atoms with Crippen LogP contribution in [0.3, 0.4) is 0 Å². The van der Waals surface area contributed by atoms with Crippen LogP contribution in [0.25, 0.3) is 11.0 Å². The van der Waals surface area contributed by atoms with E-state index in [-0.39, 0.29) is 75.3 Å². The van der Waals surface area contributed by atoms with Crippen molar-refractivity contribution in [3.63, 3.8) is 0 Å². The fraction of sp³-hybridized carbons (Fsp3) is 0.571. The number of benzene rings is 2. The fourth-order valence-electron chi connectivity index (χ4n) is 8.49. The number of fused-ring (bicyclic) bond motifs is 2. The number of aromatic nitrogens is 7. The van der Waals surface area contributed by atoms with Gasteiger partial charge < -0.3 is 87.4 Å². The Bertz CT molecular complexity index is 2990. The molecule has 0 bridgehead atoms. The molecule has 5 aromatic rings. The average molecular weight is 1250 g/mol. The van der Waals surface area contributed by atoms with Crippen molar-refractivity contribution in [2.24, 2.45) is 5.92 Å². The zero-order chi connectivity index (χ0) is 60.1. The number of amides is 1. The zero-order valence-corrected chi connectivity index (χ0v) is 47.6. The minimum Gasteiger partial charge on any atom is -0.420 e. The number of hydrogen-bond donors (Lipinski definition) is 7. The highest BCUT2D eigenvalue weighted by molar-refractivity contribution is 7.70. The lowest BCUT2D eigenvalue weighted by Crippen LogP contribution is -2.37. The highest BCUT2D eigenvalue weighted by Crippen LogP contribution is 2.55. The van der Waals surface area contributed by atoms with Crippen molar-refractivity contribution in [1.82, 2.24) is 40.1 Å². The Balaban J connectivity index is 0.682. The van der Waals surface area contributed by atoms with Crippen LogP contribution < -0.4 is 15.4 Å². The molecule has 0 saturated carbocycles. The first-order chi connectivity index (χ1) is 40.4. The van der Waals surface area contributed by atoms with Gasteiger partial charge in [-0.05, 0) is 29.1 Å². The number of ether oxygens (including phenoxy) is 10. The molecule has 7 rings (SSSR count). The fourth-order valence-corrected chi connectivity index (χ4v) is 11.2. The van der Waals surface area contributed by atoms with Crippen molar-refractivity contribution in [2.75, 3.05) is 123 Å². The third-order valence-corrected chi connectivity index (χ3v) is 16.0. The molecule has 2 aliphatic rings. The molecule has 0 radical (unpaired) electrons. The summed E-state index contributed by atoms with van der Waals surface area (Å²) < 4.78 is 126. The minimum absolute atomic E-state index is 0.0639. The molecule has 7 atom stereocenters. The summed E-state index contributed by atoms with van der Waals surface area (Å²) in [6, 6.07) is 7.77. The second-order valence-corrected chi connectivity index (χ2v) is 22.9. The van der Waals surface area contributed by atoms with E-state index in [2.05, 4.69) is 40.7 Å². The first-order valence-electron chi connectivity index (χ1n) is 26.3. The summed E-state index contributed by atoms with van der Waals surface area (Å²) in [7, 11) is -9.72. The number of halogens is 4. The van der Waals surface area contributed by atoms with Crippen LogP contribution in [0.15, 0.2) is 48.8 Å². The molecule has 1 aliphatic heterocycles. The lowest BCUT2D eigenvalue weighted by molar-refractivity contribution is -0.136. The van der Waals surface area contributed by atoms with Gasteiger partial charge in [-0.25, -0.2) is 22.5 Å². The topological polar surface area (TPSA) is 369 Å². The number of carbonyl (C=O) groups is 2. The Labute approximate surface area is 482 Å². The summed E-state index contributed by atoms with van der Waals surface area (Å²) in [5.41, 5.74) is 2.49. The van der Waals surface area contributed by atoms with Crippen LogP contribution in [0.1, 0.15) is 35.5 Å². The third-order valence-electron chi connectivity index (χ3n) is 12.4. The second kappa shape index (κ2) is 33.1. The van der Waals surface area contributed by atoms with Gasteiger partial charge in [0, 0.05) is 18.7 Å². The summed E-state index contributed by atoms with van der Waals surface area (Å²) in [6.45, 7) is 4.30. The van der Waals surface area contributed by atoms with E-state index in [0.717, 1.165) is 15.8 Å². The number of aliphatic hydroxyl groups excluding tert-OH is 2. The maximum Gasteiger partial charge on any atom is 0.340 e. The van der Waals surface area contributed by atoms with E-state index in [0.29, 0.717) is 102 Å². The number of hydrogen-bond acceptors (Lipinski definition) is 23. The molecule has 3 aromatic heterocycles. The molecule has 1 fully saturated rings. The van der Waals surface area contributed by atoms with Crippen molar-refractivity contribution in [3.8, 4) is 5.75 Å². The standard InChI is InChI=1S/C49H65ClF3N9O20P2/c50-49-57-45(36-26-55-62(46(36)58-49)48-43(65)42(64)39(81-48)29-80-84(70,71)30-83(67,68)69)56-41-34-4-2-1-3-31(34)23-35(41)47(66)54-6-9-73-12-15-76-19-20-78-21-22-79-28-33-27-61(60-59-33)7-10-74-13-16-77-18-17-75-14-11-72-8-5-40(63)82-44-37(52)24-32(51)25-38(44)53/h1-4,24-27,35,39,41-43,48,64-65H,5-23,28-30H2,(H,54,66)(H,70,71)(H,56,57,58)(H2,67,68,69)/t35-,39+,41+,42+,43+,48+/m0/s1. The molecule has 2 aromatic carbocycles. The third kappa shape index (κ3) is 20.8. The summed E-state index contributed by atoms with van der Waals surface area (Å²) in [6.07, 6.45) is -2.90. The number of carbonyl (C=O) groups excluding carboxylic acids is 2. The lowest BCUT2D eigenvalue weighted by Gasteiger charge is -2.22. The summed E-state index contributed by atoms with van der Waals surface area (Å²) in [5, 5.41) is 40.4. The molecule has 464 valence electrons. The van der Waals surface area contributed by atoms with Crippen LogP contribution in [-0.2, 0) is 85.4 Å². The smallest absolute Gasteiger partial charge is 0.340 e. The Morgan fingerprint density at radius 2 is 1.39 bits per heavy atom. The molecule has 84 heavy (non-hydrogen) atoms. The Kier molecular flexibility index (Phi) is 26.1. The van der Waals surface area contributed by atoms with Crippen LogP contribution in [0.4, 0.5) is 19.0 Å². The molecule has 1 saturated heterocycles. The first kappa shape index (κ1) is 66.3. The van der Waals surface area contributed by atoms with Gasteiger partial charge in [0.2, 0.25) is 16.9 Å². The van der Waals surface area contributed by atoms with Gasteiger partial charge in [-0.3, -0.25) is 18.7 Å². The molecule has 29 nitrogen and oxygen atoms in total. The lowest BCUT2D eigenvalue weighted by atomic mass is 9.99. The summed E-state index contributed by atoms with van der Waals surface area (Å²) >= 11 is 6.39. The number of anilines is 1. The van der Waals surface area contributed by atoms with Gasteiger partial charge >= 0.3 is 21.2 Å². The normalized spacial score (nSPS) is 19.4. The highest BCUT2D eigenvalue weighted by atomic mass is 35.5. The van der Waals surface area contributed by atoms with E-state index < -0.39 is 93.4 Å². The van der Waals surface area contributed by atoms with E-state index in [9.17, 15) is 47.0 Å². The van der Waals surface area contributed by atoms with E-state index >= 15 is 0 Å². The predicted molar refractivity (Wildman–Crippen MR) is 284 cm³/mol. The van der Waals surface area contributed by atoms with Crippen LogP contribution in [0, 0.1) is 23.4 Å². The second-order valence-electron chi connectivity index (χ2n) is 18.6. The van der Waals surface area contributed by atoms with Crippen LogP contribution in [-0.4, -0.2) is 208 Å². The predicted octanol–water partition coefficient (Wildman–Crippen LogP) is 2.22. The number of rotatable bonds is 39. The largest absolute Gasteiger partial charge is 0.420 e. The summed E-state index contributed by atoms with van der Waals surface area (Å²) in [4.78, 5) is 62.2.